The molecule has 236 valence electrons. The third-order valence-electron chi connectivity index (χ3n) is 8.30. The molecule has 14 nitrogen and oxygen atoms in total. The average Bonchev–Trinajstić information content (AvgIpc) is 3.77. The number of aliphatic hydroxyl groups is 1. The summed E-state index contributed by atoms with van der Waals surface area (Å²) >= 11 is 2.14. The minimum atomic E-state index is -0.708. The summed E-state index contributed by atoms with van der Waals surface area (Å²) in [5.74, 6) is -1.22. The molecule has 0 radical (unpaired) electrons. The van der Waals surface area contributed by atoms with Gasteiger partial charge >= 0.3 is 0 Å². The van der Waals surface area contributed by atoms with Crippen LogP contribution in [-0.4, -0.2) is 113 Å². The lowest BCUT2D eigenvalue weighted by molar-refractivity contribution is -0.126. The minimum absolute atomic E-state index is 0.0345. The minimum Gasteiger partial charge on any atom is -0.494 e. The fourth-order valence-electron chi connectivity index (χ4n) is 5.82. The number of aliphatic hydroxyl groups excluding tert-OH is 1. The van der Waals surface area contributed by atoms with Crippen LogP contribution >= 0.6 is 22.9 Å². The van der Waals surface area contributed by atoms with Crippen LogP contribution in [0.25, 0.3) is 22.3 Å². The van der Waals surface area contributed by atoms with Crippen molar-refractivity contribution < 1.29 is 24.2 Å². The van der Waals surface area contributed by atoms with Crippen LogP contribution in [0.4, 0.5) is 0 Å². The third kappa shape index (κ3) is 5.86. The molecule has 1 unspecified atom stereocenters. The number of carbonyl (C=O) groups excluding carboxylic acids is 3. The summed E-state index contributed by atoms with van der Waals surface area (Å²) in [5.41, 5.74) is 2.90. The SMILES string of the molecule is COc1cnc(-n2cnc(C(=O)N3CCN(I)C(CO)C3)n2)c2[nH]cc(C(=O)C(=O)N3CCC(=C(C#N)c4ccccc4)CC3)c12. The van der Waals surface area contributed by atoms with Gasteiger partial charge in [0.05, 0.1) is 54.1 Å². The van der Waals surface area contributed by atoms with Crippen LogP contribution in [-0.2, 0) is 4.79 Å². The quantitative estimate of drug-likeness (QED) is 0.0944. The first-order chi connectivity index (χ1) is 22.3. The summed E-state index contributed by atoms with van der Waals surface area (Å²) < 4.78 is 8.81. The Morgan fingerprint density at radius 1 is 1.11 bits per heavy atom. The lowest BCUT2D eigenvalue weighted by Crippen LogP contribution is -2.52. The van der Waals surface area contributed by atoms with E-state index in [9.17, 15) is 24.8 Å². The number of nitrogens with zero attached hydrogens (tertiary/aromatic N) is 8. The van der Waals surface area contributed by atoms with E-state index < -0.39 is 11.7 Å². The summed E-state index contributed by atoms with van der Waals surface area (Å²) in [6, 6.07) is 11.5. The maximum atomic E-state index is 13.6. The van der Waals surface area contributed by atoms with Gasteiger partial charge in [-0.05, 0) is 24.0 Å². The van der Waals surface area contributed by atoms with Crippen molar-refractivity contribution in [3.8, 4) is 17.6 Å². The van der Waals surface area contributed by atoms with Crippen LogP contribution in [0.1, 0.15) is 39.4 Å². The van der Waals surface area contributed by atoms with Crippen molar-refractivity contribution >= 4 is 56.9 Å². The molecule has 2 aliphatic rings. The topological polar surface area (TPSA) is 174 Å². The van der Waals surface area contributed by atoms with E-state index in [1.807, 2.05) is 33.4 Å². The number of amides is 2. The van der Waals surface area contributed by atoms with Crippen LogP contribution in [0.15, 0.2) is 54.6 Å². The maximum Gasteiger partial charge on any atom is 0.295 e. The van der Waals surface area contributed by atoms with E-state index in [0.29, 0.717) is 62.0 Å². The van der Waals surface area contributed by atoms with Gasteiger partial charge in [-0.25, -0.2) is 13.1 Å². The van der Waals surface area contributed by atoms with Crippen molar-refractivity contribution in [2.75, 3.05) is 46.4 Å². The number of aromatic amines is 1. The molecule has 5 heterocycles. The number of nitrogens with one attached hydrogen (secondary N) is 1. The third-order valence-corrected chi connectivity index (χ3v) is 9.57. The summed E-state index contributed by atoms with van der Waals surface area (Å²) in [7, 11) is 1.44. The van der Waals surface area contributed by atoms with E-state index in [4.69, 9.17) is 4.74 Å². The number of aromatic nitrogens is 5. The number of piperazine rings is 1. The maximum absolute atomic E-state index is 13.6. The molecule has 2 aliphatic heterocycles. The molecule has 2 fully saturated rings. The zero-order valence-electron chi connectivity index (χ0n) is 24.9. The summed E-state index contributed by atoms with van der Waals surface area (Å²) in [6.07, 6.45) is 5.20. The Labute approximate surface area is 277 Å². The average molecular weight is 736 g/mol. The van der Waals surface area contributed by atoms with Crippen LogP contribution in [0, 0.1) is 11.3 Å². The number of fused-ring (bicyclic) bond motifs is 1. The van der Waals surface area contributed by atoms with Crippen LogP contribution in [0.2, 0.25) is 0 Å². The van der Waals surface area contributed by atoms with Gasteiger partial charge in [0.25, 0.3) is 17.6 Å². The van der Waals surface area contributed by atoms with Gasteiger partial charge in [0.2, 0.25) is 5.82 Å². The molecular weight excluding hydrogens is 705 g/mol. The van der Waals surface area contributed by atoms with Crippen LogP contribution in [0.3, 0.4) is 0 Å². The number of methoxy groups -OCH3 is 1. The first-order valence-electron chi connectivity index (χ1n) is 14.6. The number of hydrogen-bond acceptors (Lipinski definition) is 10. The molecule has 4 aromatic rings. The van der Waals surface area contributed by atoms with Crippen molar-refractivity contribution in [1.29, 1.82) is 5.26 Å². The predicted octanol–water partition coefficient (Wildman–Crippen LogP) is 2.40. The van der Waals surface area contributed by atoms with E-state index in [-0.39, 0.29) is 41.5 Å². The molecule has 0 bridgehead atoms. The first-order valence-corrected chi connectivity index (χ1v) is 15.6. The second-order valence-corrected chi connectivity index (χ2v) is 12.1. The van der Waals surface area contributed by atoms with Crippen LogP contribution in [0.5, 0.6) is 5.75 Å². The molecule has 2 saturated heterocycles. The Bertz CT molecular complexity index is 1870. The second kappa shape index (κ2) is 13.4. The second-order valence-electron chi connectivity index (χ2n) is 10.9. The van der Waals surface area contributed by atoms with Crippen molar-refractivity contribution in [3.63, 3.8) is 0 Å². The van der Waals surface area contributed by atoms with Crippen molar-refractivity contribution in [3.05, 3.63) is 71.6 Å². The number of likely N-dealkylation sites (tertiary alicyclic amines) is 1. The van der Waals surface area contributed by atoms with Gasteiger partial charge in [-0.15, -0.1) is 5.10 Å². The highest BCUT2D eigenvalue weighted by Gasteiger charge is 2.32. The number of hydrogen-bond donors (Lipinski definition) is 2. The molecular formula is C31H30IN9O5. The zero-order valence-corrected chi connectivity index (χ0v) is 27.0. The Morgan fingerprint density at radius 2 is 1.87 bits per heavy atom. The largest absolute Gasteiger partial charge is 0.494 e. The molecule has 1 atom stereocenters. The van der Waals surface area contributed by atoms with Gasteiger partial charge in [-0.2, -0.15) is 9.94 Å². The molecule has 3 aromatic heterocycles. The van der Waals surface area contributed by atoms with Gasteiger partial charge in [0, 0.05) is 61.8 Å². The lowest BCUT2D eigenvalue weighted by Gasteiger charge is -2.36. The molecule has 2 amide bonds. The highest BCUT2D eigenvalue weighted by Crippen LogP contribution is 2.33. The fraction of sp³-hybridized carbons (Fsp3) is 0.323. The van der Waals surface area contributed by atoms with Crippen LogP contribution < -0.4 is 4.74 Å². The number of pyridine rings is 1. The molecule has 2 N–H and O–H groups in total. The van der Waals surface area contributed by atoms with Gasteiger partial charge in [0.1, 0.15) is 12.1 Å². The highest BCUT2D eigenvalue weighted by atomic mass is 127. The molecule has 0 saturated carbocycles. The molecule has 0 spiro atoms. The number of ether oxygens (including phenoxy) is 1. The number of nitriles is 1. The van der Waals surface area contributed by atoms with E-state index in [1.54, 1.807) is 4.90 Å². The smallest absolute Gasteiger partial charge is 0.295 e. The van der Waals surface area contributed by atoms with Gasteiger partial charge < -0.3 is 24.6 Å². The predicted molar refractivity (Wildman–Crippen MR) is 174 cm³/mol. The fourth-order valence-corrected chi connectivity index (χ4v) is 6.39. The highest BCUT2D eigenvalue weighted by molar-refractivity contribution is 14.1. The standard InChI is InChI=1S/C31H30IN9O5/c1-46-24-15-35-29(41-18-36-28(37-41)31(45)39-11-12-40(32)21(16-39)17-42)26-25(24)23(14-34-26)27(43)30(44)38-9-7-20(8-10-38)22(13-33)19-5-3-2-4-6-19/h2-6,14-15,18,21,34,42H,7-12,16-17H2,1H3. The Morgan fingerprint density at radius 3 is 2.57 bits per heavy atom. The Kier molecular flexibility index (Phi) is 9.10. The Hall–Kier alpha value is -4.66. The van der Waals surface area contributed by atoms with Crippen molar-refractivity contribution in [1.82, 2.24) is 37.6 Å². The number of allylic oxidation sites excluding steroid dienone is 1. The number of benzene rings is 1. The number of rotatable bonds is 7. The first kappa shape index (κ1) is 31.3. The van der Waals surface area contributed by atoms with E-state index in [0.717, 1.165) is 11.1 Å². The number of ketones is 1. The normalized spacial score (nSPS) is 17.2. The van der Waals surface area contributed by atoms with Gasteiger partial charge in [-0.1, -0.05) is 30.3 Å². The molecule has 15 heteroatoms. The monoisotopic (exact) mass is 735 g/mol. The number of H-pyrrole nitrogens is 1. The van der Waals surface area contributed by atoms with E-state index >= 15 is 0 Å². The van der Waals surface area contributed by atoms with E-state index in [1.165, 1.54) is 35.4 Å². The number of halogens is 1. The van der Waals surface area contributed by atoms with E-state index in [2.05, 4.69) is 49.0 Å². The molecule has 46 heavy (non-hydrogen) atoms. The Balaban J connectivity index is 1.22. The van der Waals surface area contributed by atoms with Crippen molar-refractivity contribution in [2.24, 2.45) is 0 Å². The van der Waals surface area contributed by atoms with Gasteiger partial charge in [0.15, 0.2) is 5.82 Å². The molecule has 1 aromatic carbocycles. The van der Waals surface area contributed by atoms with Crippen molar-refractivity contribution in [2.45, 2.75) is 18.9 Å². The molecule has 6 rings (SSSR count). The zero-order chi connectivity index (χ0) is 32.4. The number of piperidine rings is 1. The number of Topliss-reactive ketones (excluding diaryl/α,β-unsaturated/α-hetero) is 1. The lowest BCUT2D eigenvalue weighted by atomic mass is 9.93. The number of carbonyl (C=O) groups is 3. The summed E-state index contributed by atoms with van der Waals surface area (Å²) in [6.45, 7) is 1.95. The summed E-state index contributed by atoms with van der Waals surface area (Å²) in [5, 5.41) is 24.2. The summed E-state index contributed by atoms with van der Waals surface area (Å²) in [4.78, 5) is 55.0. The van der Waals surface area contributed by atoms with Gasteiger partial charge in [-0.3, -0.25) is 14.4 Å². The molecule has 0 aliphatic carbocycles.